The summed E-state index contributed by atoms with van der Waals surface area (Å²) in [7, 11) is -3.90. The van der Waals surface area contributed by atoms with Gasteiger partial charge in [-0.3, -0.25) is 9.59 Å². The Morgan fingerprint density at radius 2 is 2.05 bits per heavy atom. The number of nitrogens with zero attached hydrogens (tertiary/aromatic N) is 1. The molecule has 9 heteroatoms. The summed E-state index contributed by atoms with van der Waals surface area (Å²) in [5, 5.41) is 11.6. The van der Waals surface area contributed by atoms with Crippen LogP contribution in [0.1, 0.15) is 18.7 Å². The van der Waals surface area contributed by atoms with Crippen LogP contribution < -0.4 is 5.32 Å². The summed E-state index contributed by atoms with van der Waals surface area (Å²) in [6.45, 7) is 4.32. The number of carboxylic acids is 1. The SMILES string of the molecule is CC(=O)NCCN(C(C)C(=O)O)S(=O)(=O)c1ccc(C)s1. The molecule has 0 saturated carbocycles. The van der Waals surface area contributed by atoms with Crippen LogP contribution in [-0.2, 0) is 19.6 Å². The topological polar surface area (TPSA) is 104 Å². The molecule has 1 aromatic rings. The minimum Gasteiger partial charge on any atom is -0.480 e. The zero-order chi connectivity index (χ0) is 16.2. The lowest BCUT2D eigenvalue weighted by molar-refractivity contribution is -0.140. The third kappa shape index (κ3) is 4.51. The molecule has 0 fully saturated rings. The lowest BCUT2D eigenvalue weighted by Crippen LogP contribution is -2.46. The van der Waals surface area contributed by atoms with E-state index in [-0.39, 0.29) is 23.2 Å². The predicted octanol–water partition coefficient (Wildman–Crippen LogP) is 0.656. The van der Waals surface area contributed by atoms with Crippen LogP contribution >= 0.6 is 11.3 Å². The first-order valence-corrected chi connectivity index (χ1v) is 8.47. The van der Waals surface area contributed by atoms with E-state index in [1.54, 1.807) is 13.0 Å². The average Bonchev–Trinajstić information content (AvgIpc) is 2.80. The molecule has 1 unspecified atom stereocenters. The molecule has 0 aliphatic heterocycles. The van der Waals surface area contributed by atoms with E-state index in [4.69, 9.17) is 5.11 Å². The number of amides is 1. The van der Waals surface area contributed by atoms with Crippen LogP contribution in [-0.4, -0.2) is 48.8 Å². The average molecular weight is 334 g/mol. The molecular weight excluding hydrogens is 316 g/mol. The van der Waals surface area contributed by atoms with Crippen LogP contribution in [0, 0.1) is 6.92 Å². The van der Waals surface area contributed by atoms with E-state index in [2.05, 4.69) is 5.32 Å². The van der Waals surface area contributed by atoms with Crippen LogP contribution in [0.4, 0.5) is 0 Å². The van der Waals surface area contributed by atoms with Crippen LogP contribution in [0.3, 0.4) is 0 Å². The van der Waals surface area contributed by atoms with Gasteiger partial charge in [-0.25, -0.2) is 8.42 Å². The van der Waals surface area contributed by atoms with Gasteiger partial charge in [-0.1, -0.05) is 0 Å². The van der Waals surface area contributed by atoms with E-state index >= 15 is 0 Å². The van der Waals surface area contributed by atoms with Gasteiger partial charge < -0.3 is 10.4 Å². The lowest BCUT2D eigenvalue weighted by atomic mass is 10.3. The van der Waals surface area contributed by atoms with E-state index in [9.17, 15) is 18.0 Å². The standard InChI is InChI=1S/C12H18N2O5S2/c1-8-4-5-11(20-8)21(18,19)14(9(2)12(16)17)7-6-13-10(3)15/h4-5,9H,6-7H2,1-3H3,(H,13,15)(H,16,17). The second-order valence-electron chi connectivity index (χ2n) is 4.48. The quantitative estimate of drug-likeness (QED) is 0.762. The Bertz CT molecular complexity index is 623. The van der Waals surface area contributed by atoms with Crippen molar-refractivity contribution in [2.45, 2.75) is 31.0 Å². The molecule has 0 saturated heterocycles. The number of carbonyl (C=O) groups is 2. The van der Waals surface area contributed by atoms with E-state index < -0.39 is 22.0 Å². The van der Waals surface area contributed by atoms with E-state index in [1.807, 2.05) is 0 Å². The summed E-state index contributed by atoms with van der Waals surface area (Å²) in [6.07, 6.45) is 0. The van der Waals surface area contributed by atoms with Gasteiger partial charge in [0, 0.05) is 24.9 Å². The van der Waals surface area contributed by atoms with E-state index in [0.29, 0.717) is 0 Å². The van der Waals surface area contributed by atoms with Gasteiger partial charge in [0.25, 0.3) is 10.0 Å². The molecule has 0 spiro atoms. The molecule has 1 heterocycles. The Morgan fingerprint density at radius 1 is 1.43 bits per heavy atom. The zero-order valence-electron chi connectivity index (χ0n) is 12.0. The third-order valence-corrected chi connectivity index (χ3v) is 6.21. The number of nitrogens with one attached hydrogen (secondary N) is 1. The third-order valence-electron chi connectivity index (χ3n) is 2.77. The maximum absolute atomic E-state index is 12.5. The highest BCUT2D eigenvalue weighted by Crippen LogP contribution is 2.25. The minimum absolute atomic E-state index is 0.0521. The van der Waals surface area contributed by atoms with Crippen molar-refractivity contribution in [3.05, 3.63) is 17.0 Å². The van der Waals surface area contributed by atoms with Gasteiger partial charge >= 0.3 is 5.97 Å². The van der Waals surface area contributed by atoms with Crippen molar-refractivity contribution in [2.75, 3.05) is 13.1 Å². The number of carboxylic acid groups (broad SMARTS) is 1. The maximum atomic E-state index is 12.5. The fourth-order valence-electron chi connectivity index (χ4n) is 1.65. The number of carbonyl (C=O) groups excluding carboxylic acids is 1. The summed E-state index contributed by atoms with van der Waals surface area (Å²) in [5.74, 6) is -1.54. The highest BCUT2D eigenvalue weighted by atomic mass is 32.2. The zero-order valence-corrected chi connectivity index (χ0v) is 13.6. The summed E-state index contributed by atoms with van der Waals surface area (Å²) in [4.78, 5) is 22.8. The van der Waals surface area contributed by atoms with Crippen LogP contribution in [0.2, 0.25) is 0 Å². The van der Waals surface area contributed by atoms with Gasteiger partial charge in [-0.05, 0) is 26.0 Å². The number of sulfonamides is 1. The van der Waals surface area contributed by atoms with E-state index in [1.165, 1.54) is 19.9 Å². The fraction of sp³-hybridized carbons (Fsp3) is 0.500. The molecule has 1 aromatic heterocycles. The summed E-state index contributed by atoms with van der Waals surface area (Å²) < 4.78 is 26.0. The second-order valence-corrected chi connectivity index (χ2v) is 7.88. The molecule has 0 radical (unpaired) electrons. The first kappa shape index (κ1) is 17.6. The molecule has 118 valence electrons. The highest BCUT2D eigenvalue weighted by Gasteiger charge is 2.33. The van der Waals surface area contributed by atoms with Crippen LogP contribution in [0.15, 0.2) is 16.3 Å². The molecular formula is C12H18N2O5S2. The number of aliphatic carboxylic acids is 1. The van der Waals surface area contributed by atoms with Gasteiger partial charge in [0.05, 0.1) is 0 Å². The molecule has 0 bridgehead atoms. The van der Waals surface area contributed by atoms with Crippen molar-refractivity contribution in [1.82, 2.24) is 9.62 Å². The van der Waals surface area contributed by atoms with Crippen molar-refractivity contribution >= 4 is 33.2 Å². The Balaban J connectivity index is 3.04. The normalized spacial score (nSPS) is 13.1. The molecule has 0 aliphatic carbocycles. The van der Waals surface area contributed by atoms with Gasteiger partial charge in [0.1, 0.15) is 10.3 Å². The molecule has 1 atom stereocenters. The van der Waals surface area contributed by atoms with Crippen molar-refractivity contribution in [1.29, 1.82) is 0 Å². The van der Waals surface area contributed by atoms with Crippen LogP contribution in [0.5, 0.6) is 0 Å². The number of thiophene rings is 1. The maximum Gasteiger partial charge on any atom is 0.321 e. The second kappa shape index (κ2) is 7.01. The Labute approximate surface area is 127 Å². The Morgan fingerprint density at radius 3 is 2.48 bits per heavy atom. The molecule has 21 heavy (non-hydrogen) atoms. The van der Waals surface area contributed by atoms with Gasteiger partial charge in [0.2, 0.25) is 5.91 Å². The summed E-state index contributed by atoms with van der Waals surface area (Å²) >= 11 is 1.08. The number of hydrogen-bond donors (Lipinski definition) is 2. The molecule has 1 amide bonds. The highest BCUT2D eigenvalue weighted by molar-refractivity contribution is 7.91. The monoisotopic (exact) mass is 334 g/mol. The fourth-order valence-corrected chi connectivity index (χ4v) is 4.66. The molecule has 7 nitrogen and oxygen atoms in total. The molecule has 0 aromatic carbocycles. The first-order chi connectivity index (χ1) is 9.66. The lowest BCUT2D eigenvalue weighted by Gasteiger charge is -2.25. The largest absolute Gasteiger partial charge is 0.480 e. The minimum atomic E-state index is -3.90. The number of rotatable bonds is 7. The van der Waals surface area contributed by atoms with Gasteiger partial charge in [-0.15, -0.1) is 11.3 Å². The van der Waals surface area contributed by atoms with E-state index in [0.717, 1.165) is 20.5 Å². The van der Waals surface area contributed by atoms with Crippen LogP contribution in [0.25, 0.3) is 0 Å². The first-order valence-electron chi connectivity index (χ1n) is 6.21. The summed E-state index contributed by atoms with van der Waals surface area (Å²) in [6, 6.07) is 1.90. The molecule has 2 N–H and O–H groups in total. The van der Waals surface area contributed by atoms with Crippen molar-refractivity contribution in [3.8, 4) is 0 Å². The van der Waals surface area contributed by atoms with Gasteiger partial charge in [0.15, 0.2) is 0 Å². The smallest absolute Gasteiger partial charge is 0.321 e. The van der Waals surface area contributed by atoms with Crippen molar-refractivity contribution in [3.63, 3.8) is 0 Å². The van der Waals surface area contributed by atoms with Crippen molar-refractivity contribution in [2.24, 2.45) is 0 Å². The van der Waals surface area contributed by atoms with Gasteiger partial charge in [-0.2, -0.15) is 4.31 Å². The Hall–Kier alpha value is -1.45. The number of hydrogen-bond acceptors (Lipinski definition) is 5. The Kier molecular flexibility index (Phi) is 5.87. The molecule has 0 aliphatic rings. The molecule has 1 rings (SSSR count). The predicted molar refractivity (Wildman–Crippen MR) is 78.7 cm³/mol. The number of aryl methyl sites for hydroxylation is 1. The summed E-state index contributed by atoms with van der Waals surface area (Å²) in [5.41, 5.74) is 0. The van der Waals surface area contributed by atoms with Crippen molar-refractivity contribution < 1.29 is 23.1 Å².